The maximum atomic E-state index is 11.5. The fraction of sp³-hybridized carbons (Fsp3) is 0.900. The molecule has 0 spiro atoms. The Morgan fingerprint density at radius 3 is 2.54 bits per heavy atom. The van der Waals surface area contributed by atoms with Crippen molar-refractivity contribution in [2.24, 2.45) is 11.8 Å². The Bertz CT molecular complexity index is 225. The molecule has 0 bridgehead atoms. The molecule has 2 fully saturated rings. The maximum absolute atomic E-state index is 11.5. The van der Waals surface area contributed by atoms with Crippen molar-refractivity contribution >= 4 is 5.97 Å². The van der Waals surface area contributed by atoms with E-state index in [-0.39, 0.29) is 17.5 Å². The first kappa shape index (κ1) is 9.00. The zero-order valence-corrected chi connectivity index (χ0v) is 8.37. The van der Waals surface area contributed by atoms with Crippen molar-refractivity contribution in [2.45, 2.75) is 38.9 Å². The zero-order valence-electron chi connectivity index (χ0n) is 8.37. The van der Waals surface area contributed by atoms with E-state index in [1.54, 1.807) is 0 Å². The van der Waals surface area contributed by atoms with E-state index < -0.39 is 0 Å². The van der Waals surface area contributed by atoms with Gasteiger partial charge in [0.05, 0.1) is 18.6 Å². The van der Waals surface area contributed by atoms with E-state index in [1.807, 2.05) is 20.8 Å². The van der Waals surface area contributed by atoms with Crippen LogP contribution in [0.15, 0.2) is 0 Å². The molecule has 0 radical (unpaired) electrons. The molecule has 2 rings (SSSR count). The summed E-state index contributed by atoms with van der Waals surface area (Å²) >= 11 is 0. The highest BCUT2D eigenvalue weighted by molar-refractivity contribution is 5.76. The minimum absolute atomic E-state index is 0.0481. The van der Waals surface area contributed by atoms with E-state index in [4.69, 9.17) is 9.47 Å². The predicted molar refractivity (Wildman–Crippen MR) is 47.2 cm³/mol. The Balaban J connectivity index is 1.79. The van der Waals surface area contributed by atoms with Crippen molar-refractivity contribution in [3.05, 3.63) is 0 Å². The highest BCUT2D eigenvalue weighted by atomic mass is 16.6. The fourth-order valence-electron chi connectivity index (χ4n) is 1.58. The smallest absolute Gasteiger partial charge is 0.309 e. The summed E-state index contributed by atoms with van der Waals surface area (Å²) < 4.78 is 10.4. The van der Waals surface area contributed by atoms with Gasteiger partial charge in [0.2, 0.25) is 0 Å². The monoisotopic (exact) mass is 184 g/mol. The highest BCUT2D eigenvalue weighted by Crippen LogP contribution is 2.47. The van der Waals surface area contributed by atoms with E-state index >= 15 is 0 Å². The Kier molecular flexibility index (Phi) is 1.88. The average molecular weight is 184 g/mol. The van der Waals surface area contributed by atoms with Crippen molar-refractivity contribution in [3.63, 3.8) is 0 Å². The second-order valence-corrected chi connectivity index (χ2v) is 4.91. The summed E-state index contributed by atoms with van der Waals surface area (Å²) in [6.45, 7) is 6.53. The average Bonchev–Trinajstić information content (AvgIpc) is 2.79. The van der Waals surface area contributed by atoms with Gasteiger partial charge in [0.1, 0.15) is 5.60 Å². The van der Waals surface area contributed by atoms with Crippen LogP contribution in [-0.4, -0.2) is 24.3 Å². The molecule has 0 aromatic carbocycles. The molecule has 1 saturated heterocycles. The number of esters is 1. The Hall–Kier alpha value is -0.570. The molecule has 0 amide bonds. The summed E-state index contributed by atoms with van der Waals surface area (Å²) in [5.41, 5.74) is -0.353. The van der Waals surface area contributed by atoms with Crippen LogP contribution >= 0.6 is 0 Å². The topological polar surface area (TPSA) is 38.8 Å². The van der Waals surface area contributed by atoms with Crippen LogP contribution in [-0.2, 0) is 14.3 Å². The van der Waals surface area contributed by atoms with E-state index in [1.165, 1.54) is 0 Å². The Labute approximate surface area is 78.4 Å². The third-order valence-corrected chi connectivity index (χ3v) is 2.39. The lowest BCUT2D eigenvalue weighted by Crippen LogP contribution is -2.25. The van der Waals surface area contributed by atoms with Crippen molar-refractivity contribution in [3.8, 4) is 0 Å². The molecule has 13 heavy (non-hydrogen) atoms. The van der Waals surface area contributed by atoms with Crippen LogP contribution < -0.4 is 0 Å². The predicted octanol–water partition coefficient (Wildman–Crippen LogP) is 1.36. The SMILES string of the molecule is CC(C)(C)OC(=O)[C@H]1C[C@@H]1[C@H]1CO1. The molecular formula is C10H16O3. The minimum Gasteiger partial charge on any atom is -0.460 e. The van der Waals surface area contributed by atoms with Crippen LogP contribution in [0.2, 0.25) is 0 Å². The molecule has 1 heterocycles. The maximum Gasteiger partial charge on any atom is 0.309 e. The third-order valence-electron chi connectivity index (χ3n) is 2.39. The summed E-state index contributed by atoms with van der Waals surface area (Å²) in [4.78, 5) is 11.5. The van der Waals surface area contributed by atoms with Gasteiger partial charge in [0.25, 0.3) is 0 Å². The van der Waals surface area contributed by atoms with Gasteiger partial charge in [-0.3, -0.25) is 4.79 Å². The lowest BCUT2D eigenvalue weighted by molar-refractivity contribution is -0.156. The van der Waals surface area contributed by atoms with E-state index in [9.17, 15) is 4.79 Å². The van der Waals surface area contributed by atoms with Gasteiger partial charge in [-0.05, 0) is 27.2 Å². The molecule has 74 valence electrons. The van der Waals surface area contributed by atoms with Crippen LogP contribution in [0.25, 0.3) is 0 Å². The molecule has 3 nitrogen and oxygen atoms in total. The van der Waals surface area contributed by atoms with Gasteiger partial charge in [-0.1, -0.05) is 0 Å². The number of epoxide rings is 1. The molecule has 0 aromatic heterocycles. The number of rotatable bonds is 2. The first-order valence-electron chi connectivity index (χ1n) is 4.82. The zero-order chi connectivity index (χ0) is 9.64. The first-order valence-corrected chi connectivity index (χ1v) is 4.82. The number of carbonyl (C=O) groups excluding carboxylic acids is 1. The molecule has 3 atom stereocenters. The second kappa shape index (κ2) is 2.71. The number of hydrogen-bond donors (Lipinski definition) is 0. The van der Waals surface area contributed by atoms with Crippen molar-refractivity contribution < 1.29 is 14.3 Å². The fourth-order valence-corrected chi connectivity index (χ4v) is 1.58. The summed E-state index contributed by atoms with van der Waals surface area (Å²) in [6, 6.07) is 0. The van der Waals surface area contributed by atoms with Crippen LogP contribution in [0.3, 0.4) is 0 Å². The molecule has 0 N–H and O–H groups in total. The van der Waals surface area contributed by atoms with Crippen molar-refractivity contribution in [2.75, 3.05) is 6.61 Å². The normalized spacial score (nSPS) is 37.0. The van der Waals surface area contributed by atoms with Crippen LogP contribution in [0, 0.1) is 11.8 Å². The van der Waals surface area contributed by atoms with Crippen LogP contribution in [0.5, 0.6) is 0 Å². The Morgan fingerprint density at radius 1 is 1.46 bits per heavy atom. The molecule has 0 unspecified atom stereocenters. The van der Waals surface area contributed by atoms with Gasteiger partial charge in [0.15, 0.2) is 0 Å². The van der Waals surface area contributed by atoms with Gasteiger partial charge < -0.3 is 9.47 Å². The largest absolute Gasteiger partial charge is 0.460 e. The molecule has 1 aliphatic carbocycles. The first-order chi connectivity index (χ1) is 5.97. The summed E-state index contributed by atoms with van der Waals surface area (Å²) in [6.07, 6.45) is 1.32. The quantitative estimate of drug-likeness (QED) is 0.480. The van der Waals surface area contributed by atoms with E-state index in [2.05, 4.69) is 0 Å². The van der Waals surface area contributed by atoms with Gasteiger partial charge >= 0.3 is 5.97 Å². The van der Waals surface area contributed by atoms with Crippen molar-refractivity contribution in [1.29, 1.82) is 0 Å². The number of hydrogen-bond acceptors (Lipinski definition) is 3. The van der Waals surface area contributed by atoms with Gasteiger partial charge in [-0.15, -0.1) is 0 Å². The van der Waals surface area contributed by atoms with Gasteiger partial charge in [0, 0.05) is 5.92 Å². The summed E-state index contributed by atoms with van der Waals surface area (Å²) in [7, 11) is 0. The van der Waals surface area contributed by atoms with E-state index in [0.717, 1.165) is 13.0 Å². The van der Waals surface area contributed by atoms with Crippen LogP contribution in [0.4, 0.5) is 0 Å². The number of carbonyl (C=O) groups is 1. The van der Waals surface area contributed by atoms with Crippen LogP contribution in [0.1, 0.15) is 27.2 Å². The molecule has 3 heteroatoms. The highest BCUT2D eigenvalue weighted by Gasteiger charge is 2.54. The van der Waals surface area contributed by atoms with Crippen molar-refractivity contribution in [1.82, 2.24) is 0 Å². The molecule has 1 aliphatic heterocycles. The molecule has 0 aromatic rings. The van der Waals surface area contributed by atoms with Gasteiger partial charge in [-0.2, -0.15) is 0 Å². The second-order valence-electron chi connectivity index (χ2n) is 4.91. The Morgan fingerprint density at radius 2 is 2.08 bits per heavy atom. The molecular weight excluding hydrogens is 168 g/mol. The molecule has 2 aliphatic rings. The third kappa shape index (κ3) is 2.21. The summed E-state index contributed by atoms with van der Waals surface area (Å²) in [5.74, 6) is 0.523. The number of ether oxygens (including phenoxy) is 2. The lowest BCUT2D eigenvalue weighted by Gasteiger charge is -2.19. The summed E-state index contributed by atoms with van der Waals surface area (Å²) in [5, 5.41) is 0. The van der Waals surface area contributed by atoms with Gasteiger partial charge in [-0.25, -0.2) is 0 Å². The minimum atomic E-state index is -0.353. The molecule has 1 saturated carbocycles. The standard InChI is InChI=1S/C10H16O3/c1-10(2,3)13-9(11)7-4-6(7)8-5-12-8/h6-8H,4-5H2,1-3H3/t6-,7-,8+/m0/s1. The lowest BCUT2D eigenvalue weighted by atomic mass is 10.2. The van der Waals surface area contributed by atoms with E-state index in [0.29, 0.717) is 12.0 Å².